The molecule has 0 spiro atoms. The van der Waals surface area contributed by atoms with Crippen molar-refractivity contribution in [2.75, 3.05) is 38.1 Å². The van der Waals surface area contributed by atoms with Gasteiger partial charge in [-0.2, -0.15) is 5.10 Å². The fraction of sp³-hybridized carbons (Fsp3) is 0.778. The smallest absolute Gasteiger partial charge is 0.322 e. The van der Waals surface area contributed by atoms with Gasteiger partial charge in [-0.05, 0) is 51.6 Å². The second-order valence-electron chi connectivity index (χ2n) is 7.51. The third-order valence-electron chi connectivity index (χ3n) is 5.60. The molecule has 0 saturated carbocycles. The predicted octanol–water partition coefficient (Wildman–Crippen LogP) is 2.15. The minimum absolute atomic E-state index is 0.0124. The van der Waals surface area contributed by atoms with E-state index in [4.69, 9.17) is 4.74 Å². The number of ether oxygens (including phenoxy) is 1. The molecule has 4 rings (SSSR count). The number of likely N-dealkylation sites (tertiary alicyclic amines) is 2. The monoisotopic (exact) mass is 347 g/mol. The summed E-state index contributed by atoms with van der Waals surface area (Å²) in [4.78, 5) is 17.2. The third-order valence-corrected chi connectivity index (χ3v) is 5.60. The van der Waals surface area contributed by atoms with Gasteiger partial charge in [-0.1, -0.05) is 0 Å². The molecule has 0 radical (unpaired) electrons. The number of carbonyl (C=O) groups excluding carboxylic acids is 1. The van der Waals surface area contributed by atoms with Gasteiger partial charge in [0.2, 0.25) is 0 Å². The van der Waals surface area contributed by atoms with Crippen molar-refractivity contribution in [3.8, 4) is 0 Å². The van der Waals surface area contributed by atoms with Crippen LogP contribution in [0.3, 0.4) is 0 Å². The molecule has 3 saturated heterocycles. The number of aromatic nitrogens is 2. The molecule has 1 N–H and O–H groups in total. The summed E-state index contributed by atoms with van der Waals surface area (Å²) in [5.41, 5.74) is 0.773. The van der Waals surface area contributed by atoms with E-state index in [9.17, 15) is 4.79 Å². The zero-order chi connectivity index (χ0) is 17.1. The minimum atomic E-state index is 0.0124. The number of hydrogen-bond donors (Lipinski definition) is 1. The standard InChI is InChI=1S/C18H29N5O2/c24-18(23-9-3-5-16(23)13-21-7-1-2-8-21)20-15-11-19-22(12-15)14-17-6-4-10-25-17/h11-12,16-17H,1-10,13-14H2,(H,20,24)/t16-,17-/m0/s1. The van der Waals surface area contributed by atoms with Crippen molar-refractivity contribution in [3.63, 3.8) is 0 Å². The highest BCUT2D eigenvalue weighted by Crippen LogP contribution is 2.22. The van der Waals surface area contributed by atoms with Gasteiger partial charge in [-0.15, -0.1) is 0 Å². The molecule has 2 atom stereocenters. The molecule has 7 nitrogen and oxygen atoms in total. The minimum Gasteiger partial charge on any atom is -0.376 e. The molecular formula is C18H29N5O2. The zero-order valence-electron chi connectivity index (χ0n) is 14.9. The van der Waals surface area contributed by atoms with Crippen molar-refractivity contribution in [1.29, 1.82) is 0 Å². The van der Waals surface area contributed by atoms with Crippen LogP contribution in [0.4, 0.5) is 10.5 Å². The lowest BCUT2D eigenvalue weighted by atomic mass is 10.2. The summed E-state index contributed by atoms with van der Waals surface area (Å²) in [6.07, 6.45) is 10.9. The lowest BCUT2D eigenvalue weighted by Gasteiger charge is -2.28. The molecule has 7 heteroatoms. The molecule has 25 heavy (non-hydrogen) atoms. The summed E-state index contributed by atoms with van der Waals surface area (Å²) in [5, 5.41) is 7.39. The first-order valence-electron chi connectivity index (χ1n) is 9.72. The molecule has 3 fully saturated rings. The Morgan fingerprint density at radius 3 is 2.84 bits per heavy atom. The topological polar surface area (TPSA) is 62.6 Å². The molecule has 4 heterocycles. The van der Waals surface area contributed by atoms with E-state index in [1.54, 1.807) is 6.20 Å². The Hall–Kier alpha value is -1.60. The lowest BCUT2D eigenvalue weighted by Crippen LogP contribution is -2.44. The van der Waals surface area contributed by atoms with E-state index >= 15 is 0 Å². The van der Waals surface area contributed by atoms with Crippen molar-refractivity contribution in [2.24, 2.45) is 0 Å². The average Bonchev–Trinajstić information content (AvgIpc) is 3.36. The van der Waals surface area contributed by atoms with Crippen LogP contribution in [0.1, 0.15) is 38.5 Å². The Kier molecular flexibility index (Phi) is 5.22. The van der Waals surface area contributed by atoms with Crippen LogP contribution in [0.15, 0.2) is 12.4 Å². The Morgan fingerprint density at radius 1 is 1.16 bits per heavy atom. The Balaban J connectivity index is 1.30. The molecule has 0 bridgehead atoms. The first-order chi connectivity index (χ1) is 12.3. The normalized spacial score (nSPS) is 27.3. The number of amides is 2. The SMILES string of the molecule is O=C(Nc1cnn(C[C@@H]2CCCO2)c1)N1CCC[C@H]1CN1CCCC1. The van der Waals surface area contributed by atoms with Crippen LogP contribution in [0, 0.1) is 0 Å². The van der Waals surface area contributed by atoms with Crippen LogP contribution in [0.2, 0.25) is 0 Å². The average molecular weight is 347 g/mol. The van der Waals surface area contributed by atoms with Gasteiger partial charge in [0.15, 0.2) is 0 Å². The number of carbonyl (C=O) groups is 1. The summed E-state index contributed by atoms with van der Waals surface area (Å²) in [5.74, 6) is 0. The molecule has 3 aliphatic heterocycles. The second-order valence-corrected chi connectivity index (χ2v) is 7.51. The molecule has 1 aromatic rings. The predicted molar refractivity (Wildman–Crippen MR) is 95.6 cm³/mol. The van der Waals surface area contributed by atoms with E-state index in [1.807, 2.05) is 15.8 Å². The molecule has 0 aliphatic carbocycles. The number of nitrogens with zero attached hydrogens (tertiary/aromatic N) is 4. The van der Waals surface area contributed by atoms with E-state index in [-0.39, 0.29) is 12.1 Å². The quantitative estimate of drug-likeness (QED) is 0.887. The number of urea groups is 1. The molecule has 0 aromatic carbocycles. The van der Waals surface area contributed by atoms with Crippen LogP contribution in [-0.2, 0) is 11.3 Å². The Morgan fingerprint density at radius 2 is 2.04 bits per heavy atom. The Bertz CT molecular complexity index is 578. The summed E-state index contributed by atoms with van der Waals surface area (Å²) in [6, 6.07) is 0.360. The van der Waals surface area contributed by atoms with Crippen LogP contribution in [0.25, 0.3) is 0 Å². The maximum Gasteiger partial charge on any atom is 0.322 e. The molecular weight excluding hydrogens is 318 g/mol. The van der Waals surface area contributed by atoms with Crippen molar-refractivity contribution in [2.45, 2.75) is 57.2 Å². The maximum atomic E-state index is 12.7. The Labute approximate surface area is 149 Å². The van der Waals surface area contributed by atoms with E-state index in [0.717, 1.165) is 57.6 Å². The molecule has 0 unspecified atom stereocenters. The van der Waals surface area contributed by atoms with Crippen LogP contribution in [0.5, 0.6) is 0 Å². The first kappa shape index (κ1) is 16.8. The fourth-order valence-corrected chi connectivity index (χ4v) is 4.28. The van der Waals surface area contributed by atoms with Crippen LogP contribution < -0.4 is 5.32 Å². The molecule has 138 valence electrons. The first-order valence-corrected chi connectivity index (χ1v) is 9.72. The van der Waals surface area contributed by atoms with E-state index < -0.39 is 0 Å². The van der Waals surface area contributed by atoms with E-state index in [2.05, 4.69) is 15.3 Å². The van der Waals surface area contributed by atoms with Gasteiger partial charge in [-0.3, -0.25) is 4.68 Å². The number of hydrogen-bond acceptors (Lipinski definition) is 4. The van der Waals surface area contributed by atoms with Crippen molar-refractivity contribution < 1.29 is 9.53 Å². The summed E-state index contributed by atoms with van der Waals surface area (Å²) < 4.78 is 7.52. The highest BCUT2D eigenvalue weighted by atomic mass is 16.5. The van der Waals surface area contributed by atoms with Gasteiger partial charge >= 0.3 is 6.03 Å². The molecule has 1 aromatic heterocycles. The fourth-order valence-electron chi connectivity index (χ4n) is 4.28. The summed E-state index contributed by atoms with van der Waals surface area (Å²) >= 11 is 0. The molecule has 3 aliphatic rings. The van der Waals surface area contributed by atoms with E-state index in [0.29, 0.717) is 6.04 Å². The van der Waals surface area contributed by atoms with Gasteiger partial charge in [0.05, 0.1) is 24.5 Å². The van der Waals surface area contributed by atoms with Gasteiger partial charge in [-0.25, -0.2) is 4.79 Å². The number of anilines is 1. The van der Waals surface area contributed by atoms with E-state index in [1.165, 1.54) is 25.9 Å². The van der Waals surface area contributed by atoms with Gasteiger partial charge in [0, 0.05) is 31.9 Å². The van der Waals surface area contributed by atoms with Crippen molar-refractivity contribution >= 4 is 11.7 Å². The highest BCUT2D eigenvalue weighted by Gasteiger charge is 2.31. The zero-order valence-corrected chi connectivity index (χ0v) is 14.9. The highest BCUT2D eigenvalue weighted by molar-refractivity contribution is 5.89. The van der Waals surface area contributed by atoms with Gasteiger partial charge in [0.25, 0.3) is 0 Å². The third kappa shape index (κ3) is 4.15. The van der Waals surface area contributed by atoms with Crippen molar-refractivity contribution in [1.82, 2.24) is 19.6 Å². The van der Waals surface area contributed by atoms with Crippen LogP contribution in [-0.4, -0.2) is 70.5 Å². The maximum absolute atomic E-state index is 12.7. The van der Waals surface area contributed by atoms with Crippen LogP contribution >= 0.6 is 0 Å². The van der Waals surface area contributed by atoms with Gasteiger partial charge < -0.3 is 19.9 Å². The summed E-state index contributed by atoms with van der Waals surface area (Å²) in [6.45, 7) is 5.85. The lowest BCUT2D eigenvalue weighted by molar-refractivity contribution is 0.0940. The largest absolute Gasteiger partial charge is 0.376 e. The second kappa shape index (κ2) is 7.74. The summed E-state index contributed by atoms with van der Waals surface area (Å²) in [7, 11) is 0. The van der Waals surface area contributed by atoms with Crippen molar-refractivity contribution in [3.05, 3.63) is 12.4 Å². The molecule has 2 amide bonds. The number of nitrogens with one attached hydrogen (secondary N) is 1. The number of rotatable bonds is 5. The van der Waals surface area contributed by atoms with Gasteiger partial charge in [0.1, 0.15) is 0 Å².